The fraction of sp³-hybridized carbons (Fsp3) is 0.920. The van der Waals surface area contributed by atoms with Crippen LogP contribution in [0.1, 0.15) is 25.7 Å². The van der Waals surface area contributed by atoms with Gasteiger partial charge in [-0.05, 0) is 24.3 Å². The summed E-state index contributed by atoms with van der Waals surface area (Å²) in [4.78, 5) is 33.8. The van der Waals surface area contributed by atoms with E-state index in [0.29, 0.717) is 49.3 Å². The predicted molar refractivity (Wildman–Crippen MR) is 205 cm³/mol. The zero-order chi connectivity index (χ0) is 31.5. The molecular weight excluding hydrogens is 749 g/mol. The molecule has 8 nitrogen and oxygen atoms in total. The van der Waals surface area contributed by atoms with Crippen LogP contribution >= 0.6 is 106 Å². The van der Waals surface area contributed by atoms with Crippen LogP contribution in [0.25, 0.3) is 0 Å². The smallest absolute Gasteiger partial charge is 0.306 e. The molecule has 0 aromatic rings. The lowest BCUT2D eigenvalue weighted by atomic mass is 10.5. The van der Waals surface area contributed by atoms with Gasteiger partial charge in [-0.25, -0.2) is 9.78 Å². The monoisotopic (exact) mass is 796 g/mol. The van der Waals surface area contributed by atoms with Gasteiger partial charge in [0.25, 0.3) is 0 Å². The zero-order valence-corrected chi connectivity index (χ0v) is 32.9. The summed E-state index contributed by atoms with van der Waals surface area (Å²) in [6.45, 7) is 1.87. The Morgan fingerprint density at radius 2 is 1.19 bits per heavy atom. The molecule has 0 saturated carbocycles. The molecule has 2 N–H and O–H groups in total. The molecule has 0 radical (unpaired) electrons. The molecule has 0 aromatic carbocycles. The van der Waals surface area contributed by atoms with Gasteiger partial charge in [0.2, 0.25) is 0 Å². The quantitative estimate of drug-likeness (QED) is 0.0269. The molecule has 0 aromatic heterocycles. The molecular formula is C25H48O8S10. The Morgan fingerprint density at radius 1 is 0.581 bits per heavy atom. The zero-order valence-electron chi connectivity index (χ0n) is 24.7. The SMILES string of the molecule is O=C(CCSCSCCCS(=O)CSCSCSC(=O)CCSCSCCCOOCCSCCO)OCCSCCO. The molecule has 0 aliphatic carbocycles. The van der Waals surface area contributed by atoms with Crippen molar-refractivity contribution in [1.29, 1.82) is 0 Å². The standard InChI is InChI=1S/C25H48O8S10/c26-5-14-34-16-8-31-24(28)3-12-38-20-37-11-2-18-43(30)23-41-21-40-22-42-25(29)4-13-39-19-36-10-1-7-32-33-9-17-35-15-6-27/h26-27H,1-23H2. The van der Waals surface area contributed by atoms with E-state index >= 15 is 0 Å². The summed E-state index contributed by atoms with van der Waals surface area (Å²) in [7, 11) is -0.814. The van der Waals surface area contributed by atoms with Crippen molar-refractivity contribution in [3.63, 3.8) is 0 Å². The Hall–Kier alpha value is 2.28. The number of aliphatic hydroxyl groups excluding tert-OH is 2. The number of aliphatic hydroxyl groups is 2. The Bertz CT molecular complexity index is 655. The van der Waals surface area contributed by atoms with E-state index in [0.717, 1.165) is 73.5 Å². The third-order valence-electron chi connectivity index (χ3n) is 4.45. The normalized spacial score (nSPS) is 12.0. The van der Waals surface area contributed by atoms with E-state index in [1.165, 1.54) is 11.8 Å². The minimum atomic E-state index is -0.814. The van der Waals surface area contributed by atoms with Gasteiger partial charge >= 0.3 is 5.97 Å². The van der Waals surface area contributed by atoms with Gasteiger partial charge in [-0.2, -0.15) is 70.6 Å². The molecule has 0 spiro atoms. The Morgan fingerprint density at radius 3 is 1.91 bits per heavy atom. The van der Waals surface area contributed by atoms with E-state index in [-0.39, 0.29) is 24.3 Å². The van der Waals surface area contributed by atoms with Crippen LogP contribution in [-0.2, 0) is 34.9 Å². The minimum Gasteiger partial charge on any atom is -0.465 e. The summed E-state index contributed by atoms with van der Waals surface area (Å²) in [6.07, 6.45) is 2.87. The number of carbonyl (C=O) groups excluding carboxylic acids is 2. The lowest BCUT2D eigenvalue weighted by Gasteiger charge is -2.05. The third kappa shape index (κ3) is 38.6. The van der Waals surface area contributed by atoms with Gasteiger partial charge in [-0.1, -0.05) is 11.8 Å². The second-order valence-electron chi connectivity index (χ2n) is 8.03. The van der Waals surface area contributed by atoms with Crippen molar-refractivity contribution in [2.24, 2.45) is 0 Å². The molecule has 0 aliphatic heterocycles. The maximum Gasteiger partial charge on any atom is 0.306 e. The van der Waals surface area contributed by atoms with Crippen molar-refractivity contribution in [2.45, 2.75) is 25.7 Å². The second-order valence-corrected chi connectivity index (χ2v) is 21.3. The summed E-state index contributed by atoms with van der Waals surface area (Å²) in [6, 6.07) is 0. The highest BCUT2D eigenvalue weighted by Gasteiger charge is 2.06. The van der Waals surface area contributed by atoms with E-state index in [1.54, 1.807) is 70.6 Å². The van der Waals surface area contributed by atoms with Gasteiger partial charge in [-0.3, -0.25) is 13.8 Å². The fourth-order valence-electron chi connectivity index (χ4n) is 2.50. The van der Waals surface area contributed by atoms with Gasteiger partial charge in [0, 0.05) is 77.8 Å². The molecule has 0 heterocycles. The summed E-state index contributed by atoms with van der Waals surface area (Å²) in [5, 5.41) is 21.8. The molecule has 0 fully saturated rings. The van der Waals surface area contributed by atoms with Crippen LogP contribution in [0.4, 0.5) is 0 Å². The number of hydrogen-bond donors (Lipinski definition) is 2. The maximum atomic E-state index is 12.2. The van der Waals surface area contributed by atoms with Gasteiger partial charge in [0.15, 0.2) is 5.12 Å². The molecule has 1 atom stereocenters. The highest BCUT2D eigenvalue weighted by atomic mass is 32.3. The summed E-state index contributed by atoms with van der Waals surface area (Å²) < 4.78 is 17.3. The molecule has 0 aliphatic rings. The lowest BCUT2D eigenvalue weighted by molar-refractivity contribution is -0.289. The topological polar surface area (TPSA) is 119 Å². The summed E-state index contributed by atoms with van der Waals surface area (Å²) in [5.74, 6) is 7.07. The van der Waals surface area contributed by atoms with Gasteiger partial charge in [0.1, 0.15) is 6.61 Å². The molecule has 18 heteroatoms. The fourth-order valence-corrected chi connectivity index (χ4v) is 13.0. The first-order valence-corrected chi connectivity index (χ1v) is 25.6. The van der Waals surface area contributed by atoms with Crippen molar-refractivity contribution in [3.05, 3.63) is 0 Å². The highest BCUT2D eigenvalue weighted by molar-refractivity contribution is 8.28. The lowest BCUT2D eigenvalue weighted by Crippen LogP contribution is -2.08. The average molecular weight is 797 g/mol. The highest BCUT2D eigenvalue weighted by Crippen LogP contribution is 2.22. The predicted octanol–water partition coefficient (Wildman–Crippen LogP) is 5.68. The van der Waals surface area contributed by atoms with Crippen LogP contribution < -0.4 is 0 Å². The van der Waals surface area contributed by atoms with Gasteiger partial charge in [-0.15, -0.1) is 23.5 Å². The van der Waals surface area contributed by atoms with E-state index in [4.69, 9.17) is 24.7 Å². The number of esters is 1. The van der Waals surface area contributed by atoms with Crippen LogP contribution in [-0.4, -0.2) is 136 Å². The van der Waals surface area contributed by atoms with Gasteiger partial charge in [0.05, 0.1) is 37.9 Å². The molecule has 0 saturated heterocycles. The number of rotatable bonds is 35. The average Bonchev–Trinajstić information content (AvgIpc) is 3.00. The number of ether oxygens (including phenoxy) is 1. The Kier molecular flexibility index (Phi) is 40.8. The number of carbonyl (C=O) groups is 2. The second kappa shape index (κ2) is 38.7. The first kappa shape index (κ1) is 45.3. The van der Waals surface area contributed by atoms with Crippen LogP contribution in [0.3, 0.4) is 0 Å². The van der Waals surface area contributed by atoms with Crippen molar-refractivity contribution in [2.75, 3.05) is 110 Å². The molecule has 0 amide bonds. The molecule has 0 bridgehead atoms. The van der Waals surface area contributed by atoms with Crippen LogP contribution in [0.2, 0.25) is 0 Å². The van der Waals surface area contributed by atoms with E-state index < -0.39 is 10.8 Å². The van der Waals surface area contributed by atoms with Crippen LogP contribution in [0.5, 0.6) is 0 Å². The largest absolute Gasteiger partial charge is 0.465 e. The number of hydrogen-bond acceptors (Lipinski definition) is 17. The van der Waals surface area contributed by atoms with Crippen LogP contribution in [0, 0.1) is 0 Å². The van der Waals surface area contributed by atoms with Crippen molar-refractivity contribution < 1.29 is 38.5 Å². The maximum absolute atomic E-state index is 12.2. The van der Waals surface area contributed by atoms with E-state index in [9.17, 15) is 13.8 Å². The van der Waals surface area contributed by atoms with Crippen molar-refractivity contribution in [1.82, 2.24) is 0 Å². The van der Waals surface area contributed by atoms with Gasteiger partial charge < -0.3 is 14.9 Å². The Balaban J connectivity index is 3.31. The Labute approximate surface area is 299 Å². The van der Waals surface area contributed by atoms with Crippen molar-refractivity contribution >= 4 is 128 Å². The first-order chi connectivity index (χ1) is 21.1. The summed E-state index contributed by atoms with van der Waals surface area (Å²) in [5.41, 5.74) is 0. The molecule has 256 valence electrons. The first-order valence-electron chi connectivity index (χ1n) is 13.8. The molecule has 1 unspecified atom stereocenters. The third-order valence-corrected chi connectivity index (χ3v) is 16.6. The van der Waals surface area contributed by atoms with Crippen molar-refractivity contribution in [3.8, 4) is 0 Å². The number of thioether (sulfide) groups is 9. The van der Waals surface area contributed by atoms with Crippen LogP contribution in [0.15, 0.2) is 0 Å². The molecule has 0 rings (SSSR count). The molecule has 43 heavy (non-hydrogen) atoms. The summed E-state index contributed by atoms with van der Waals surface area (Å²) >= 11 is 15.2. The van der Waals surface area contributed by atoms with E-state index in [1.807, 2.05) is 23.5 Å². The van der Waals surface area contributed by atoms with E-state index in [2.05, 4.69) is 0 Å². The minimum absolute atomic E-state index is 0.149.